The van der Waals surface area contributed by atoms with Gasteiger partial charge in [-0.2, -0.15) is 13.2 Å². The fourth-order valence-electron chi connectivity index (χ4n) is 4.03. The molecule has 0 saturated carbocycles. The number of benzene rings is 1. The van der Waals surface area contributed by atoms with Crippen LogP contribution in [0, 0.1) is 0 Å². The van der Waals surface area contributed by atoms with Gasteiger partial charge in [-0.3, -0.25) is 9.78 Å². The number of hydrogen-bond donors (Lipinski definition) is 3. The summed E-state index contributed by atoms with van der Waals surface area (Å²) in [7, 11) is 0. The summed E-state index contributed by atoms with van der Waals surface area (Å²) < 4.78 is 37.9. The van der Waals surface area contributed by atoms with E-state index in [0.29, 0.717) is 38.3 Å². The number of nitrogens with one attached hydrogen (secondary N) is 3. The van der Waals surface area contributed by atoms with E-state index in [1.807, 2.05) is 4.90 Å². The Kier molecular flexibility index (Phi) is 5.53. The lowest BCUT2D eigenvalue weighted by molar-refractivity contribution is -0.137. The molecule has 4 rings (SSSR count). The summed E-state index contributed by atoms with van der Waals surface area (Å²) in [5.74, 6) is 0.167. The van der Waals surface area contributed by atoms with Gasteiger partial charge in [-0.15, -0.1) is 0 Å². The lowest BCUT2D eigenvalue weighted by Gasteiger charge is -2.39. The molecule has 9 nitrogen and oxygen atoms in total. The third-order valence-corrected chi connectivity index (χ3v) is 5.70. The van der Waals surface area contributed by atoms with Gasteiger partial charge in [0.15, 0.2) is 0 Å². The van der Waals surface area contributed by atoms with Crippen LogP contribution >= 0.6 is 0 Å². The summed E-state index contributed by atoms with van der Waals surface area (Å²) in [4.78, 5) is 45.9. The topological polar surface area (TPSA) is 110 Å². The molecule has 2 aliphatic rings. The van der Waals surface area contributed by atoms with Crippen LogP contribution in [-0.4, -0.2) is 58.5 Å². The van der Waals surface area contributed by atoms with Crippen molar-refractivity contribution in [1.82, 2.24) is 20.2 Å². The summed E-state index contributed by atoms with van der Waals surface area (Å²) >= 11 is 0. The maximum absolute atomic E-state index is 12.6. The molecule has 2 fully saturated rings. The predicted molar refractivity (Wildman–Crippen MR) is 109 cm³/mol. The van der Waals surface area contributed by atoms with Gasteiger partial charge in [0.25, 0.3) is 0 Å². The number of halogens is 3. The second-order valence-corrected chi connectivity index (χ2v) is 7.94. The summed E-state index contributed by atoms with van der Waals surface area (Å²) in [6.45, 7) is 1.33. The number of alkyl halides is 3. The average Bonchev–Trinajstić information content (AvgIpc) is 3.02. The Morgan fingerprint density at radius 2 is 1.81 bits per heavy atom. The van der Waals surface area contributed by atoms with E-state index in [2.05, 4.69) is 20.6 Å². The minimum Gasteiger partial charge on any atom is -0.358 e. The smallest absolute Gasteiger partial charge is 0.358 e. The van der Waals surface area contributed by atoms with Crippen LogP contribution in [0.15, 0.2) is 41.3 Å². The maximum Gasteiger partial charge on any atom is 0.416 e. The van der Waals surface area contributed by atoms with Gasteiger partial charge in [0.05, 0.1) is 11.1 Å². The third kappa shape index (κ3) is 4.68. The first-order chi connectivity index (χ1) is 15.1. The number of carbonyl (C=O) groups excluding carboxylic acids is 2. The van der Waals surface area contributed by atoms with Crippen molar-refractivity contribution in [2.75, 3.05) is 36.4 Å². The van der Waals surface area contributed by atoms with Crippen molar-refractivity contribution >= 4 is 23.4 Å². The highest BCUT2D eigenvalue weighted by atomic mass is 19.4. The minimum absolute atomic E-state index is 0.212. The normalized spacial score (nSPS) is 18.0. The van der Waals surface area contributed by atoms with E-state index >= 15 is 0 Å². The van der Waals surface area contributed by atoms with Crippen LogP contribution in [0.4, 0.5) is 29.5 Å². The van der Waals surface area contributed by atoms with Gasteiger partial charge in [0, 0.05) is 31.5 Å². The molecule has 3 heterocycles. The Morgan fingerprint density at radius 3 is 2.44 bits per heavy atom. The molecule has 0 atom stereocenters. The molecule has 32 heavy (non-hydrogen) atoms. The highest BCUT2D eigenvalue weighted by Crippen LogP contribution is 2.31. The van der Waals surface area contributed by atoms with Crippen molar-refractivity contribution in [2.45, 2.75) is 24.6 Å². The Hall–Kier alpha value is -3.57. The van der Waals surface area contributed by atoms with Crippen molar-refractivity contribution in [3.8, 4) is 0 Å². The number of piperidine rings is 1. The van der Waals surface area contributed by atoms with Crippen LogP contribution in [0.3, 0.4) is 0 Å². The third-order valence-electron chi connectivity index (χ3n) is 5.70. The fraction of sp³-hybridized carbons (Fsp3) is 0.400. The molecule has 2 saturated heterocycles. The molecule has 0 bridgehead atoms. The molecule has 12 heteroatoms. The SMILES string of the molecule is O=C(CN1CC2(CCN(c3ccnc(=O)[nH]3)CC2)NC1=O)Nc1ccc(C(F)(F)F)cc1. The summed E-state index contributed by atoms with van der Waals surface area (Å²) in [5.41, 5.74) is -1.49. The second-order valence-electron chi connectivity index (χ2n) is 7.94. The van der Waals surface area contributed by atoms with Crippen molar-refractivity contribution in [1.29, 1.82) is 0 Å². The lowest BCUT2D eigenvalue weighted by atomic mass is 9.88. The van der Waals surface area contributed by atoms with Gasteiger partial charge >= 0.3 is 17.9 Å². The Labute approximate surface area is 180 Å². The Bertz CT molecular complexity index is 1060. The van der Waals surface area contributed by atoms with Crippen LogP contribution < -0.4 is 21.2 Å². The molecular weight excluding hydrogens is 429 g/mol. The second kappa shape index (κ2) is 8.17. The van der Waals surface area contributed by atoms with Crippen molar-refractivity contribution in [3.63, 3.8) is 0 Å². The molecule has 0 unspecified atom stereocenters. The Balaban J connectivity index is 1.32. The standard InChI is InChI=1S/C20H21F3N6O3/c21-20(22,23)13-1-3-14(4-2-13)25-16(30)11-29-12-19(27-18(29)32)6-9-28(10-7-19)15-5-8-24-17(31)26-15/h1-5,8H,6-7,9-12H2,(H,25,30)(H,27,32)(H,24,26,31). The number of aromatic amines is 1. The van der Waals surface area contributed by atoms with Crippen molar-refractivity contribution in [2.24, 2.45) is 0 Å². The molecule has 3 N–H and O–H groups in total. The number of urea groups is 1. The highest BCUT2D eigenvalue weighted by molar-refractivity contribution is 5.94. The molecule has 3 amide bonds. The molecule has 2 aliphatic heterocycles. The van der Waals surface area contributed by atoms with Crippen LogP contribution in [0.25, 0.3) is 0 Å². The summed E-state index contributed by atoms with van der Waals surface area (Å²) in [6.07, 6.45) is -1.76. The van der Waals surface area contributed by atoms with Crippen molar-refractivity contribution in [3.05, 3.63) is 52.6 Å². The number of H-pyrrole nitrogens is 1. The van der Waals surface area contributed by atoms with Crippen LogP contribution in [0.1, 0.15) is 18.4 Å². The van der Waals surface area contributed by atoms with Crippen LogP contribution in [0.5, 0.6) is 0 Å². The summed E-state index contributed by atoms with van der Waals surface area (Å²) in [5, 5.41) is 5.48. The van der Waals surface area contributed by atoms with Gasteiger partial charge in [0.2, 0.25) is 5.91 Å². The number of nitrogens with zero attached hydrogens (tertiary/aromatic N) is 3. The maximum atomic E-state index is 12.6. The van der Waals surface area contributed by atoms with E-state index < -0.39 is 28.9 Å². The zero-order valence-electron chi connectivity index (χ0n) is 16.9. The number of rotatable bonds is 4. The highest BCUT2D eigenvalue weighted by Gasteiger charge is 2.45. The molecule has 2 aromatic rings. The minimum atomic E-state index is -4.45. The molecule has 0 aliphatic carbocycles. The number of aromatic nitrogens is 2. The Morgan fingerprint density at radius 1 is 1.12 bits per heavy atom. The fourth-order valence-corrected chi connectivity index (χ4v) is 4.03. The molecule has 170 valence electrons. The molecule has 0 radical (unpaired) electrons. The largest absolute Gasteiger partial charge is 0.416 e. The van der Waals surface area contributed by atoms with E-state index in [4.69, 9.17) is 0 Å². The lowest BCUT2D eigenvalue weighted by Crippen LogP contribution is -2.53. The average molecular weight is 450 g/mol. The van der Waals surface area contributed by atoms with Gasteiger partial charge in [-0.05, 0) is 43.2 Å². The van der Waals surface area contributed by atoms with E-state index in [-0.39, 0.29) is 18.3 Å². The molecular formula is C20H21F3N6O3. The summed E-state index contributed by atoms with van der Waals surface area (Å²) in [6, 6.07) is 5.47. The zero-order chi connectivity index (χ0) is 22.9. The first-order valence-corrected chi connectivity index (χ1v) is 9.98. The first kappa shape index (κ1) is 21.7. The predicted octanol–water partition coefficient (Wildman–Crippen LogP) is 1.79. The van der Waals surface area contributed by atoms with E-state index in [1.54, 1.807) is 6.07 Å². The number of anilines is 2. The van der Waals surface area contributed by atoms with Gasteiger partial charge in [0.1, 0.15) is 12.4 Å². The molecule has 1 aromatic heterocycles. The van der Waals surface area contributed by atoms with E-state index in [9.17, 15) is 27.6 Å². The molecule has 1 aromatic carbocycles. The van der Waals surface area contributed by atoms with E-state index in [0.717, 1.165) is 12.1 Å². The van der Waals surface area contributed by atoms with E-state index in [1.165, 1.54) is 23.2 Å². The van der Waals surface area contributed by atoms with Crippen molar-refractivity contribution < 1.29 is 22.8 Å². The van der Waals surface area contributed by atoms with Crippen LogP contribution in [-0.2, 0) is 11.0 Å². The first-order valence-electron chi connectivity index (χ1n) is 9.98. The number of carbonyl (C=O) groups is 2. The quantitative estimate of drug-likeness (QED) is 0.658. The monoisotopic (exact) mass is 450 g/mol. The van der Waals surface area contributed by atoms with Gasteiger partial charge in [-0.25, -0.2) is 14.6 Å². The van der Waals surface area contributed by atoms with Crippen LogP contribution in [0.2, 0.25) is 0 Å². The molecule has 1 spiro atoms. The number of hydrogen-bond acceptors (Lipinski definition) is 5. The number of amides is 3. The van der Waals surface area contributed by atoms with Gasteiger partial charge < -0.3 is 20.4 Å². The zero-order valence-corrected chi connectivity index (χ0v) is 16.9. The van der Waals surface area contributed by atoms with Gasteiger partial charge in [-0.1, -0.05) is 0 Å².